The molecule has 0 radical (unpaired) electrons. The number of aryl methyl sites for hydroxylation is 2. The molecule has 0 amide bonds. The van der Waals surface area contributed by atoms with Crippen molar-refractivity contribution in [1.29, 1.82) is 0 Å². The summed E-state index contributed by atoms with van der Waals surface area (Å²) >= 11 is 0. The quantitative estimate of drug-likeness (QED) is 0.737. The molecule has 0 N–H and O–H groups in total. The Bertz CT molecular complexity index is 790. The molecule has 116 valence electrons. The minimum Gasteiger partial charge on any atom is -0.280 e. The second kappa shape index (κ2) is 5.66. The zero-order chi connectivity index (χ0) is 16.5. The van der Waals surface area contributed by atoms with Gasteiger partial charge in [0.05, 0.1) is 5.69 Å². The first kappa shape index (κ1) is 16.9. The van der Waals surface area contributed by atoms with Crippen molar-refractivity contribution >= 4 is 11.0 Å². The van der Waals surface area contributed by atoms with Crippen LogP contribution in [0.15, 0.2) is 9.59 Å². The molecule has 0 saturated carbocycles. The molecule has 0 bridgehead atoms. The maximum atomic E-state index is 12.6. The van der Waals surface area contributed by atoms with E-state index >= 15 is 0 Å². The molecule has 0 unspecified atom stereocenters. The van der Waals surface area contributed by atoms with Crippen molar-refractivity contribution in [1.82, 2.24) is 19.1 Å². The number of fused-ring (bicyclic) bond motifs is 1. The van der Waals surface area contributed by atoms with E-state index in [0.717, 1.165) is 9.13 Å². The van der Waals surface area contributed by atoms with Crippen LogP contribution in [0.2, 0.25) is 0 Å². The lowest BCUT2D eigenvalue weighted by atomic mass is 10.3. The summed E-state index contributed by atoms with van der Waals surface area (Å²) in [7, 11) is 2.48. The van der Waals surface area contributed by atoms with E-state index in [4.69, 9.17) is 0 Å². The molecular formula is C12H15F3N4O2. The van der Waals surface area contributed by atoms with Gasteiger partial charge >= 0.3 is 11.9 Å². The molecule has 0 atom stereocenters. The molecule has 0 aromatic carbocycles. The van der Waals surface area contributed by atoms with Crippen molar-refractivity contribution < 1.29 is 13.2 Å². The van der Waals surface area contributed by atoms with Gasteiger partial charge in [0.1, 0.15) is 5.39 Å². The first-order chi connectivity index (χ1) is 9.64. The Kier molecular flexibility index (Phi) is 4.55. The van der Waals surface area contributed by atoms with E-state index in [1.165, 1.54) is 21.0 Å². The second-order valence-corrected chi connectivity index (χ2v) is 4.03. The second-order valence-electron chi connectivity index (χ2n) is 4.03. The third-order valence-corrected chi connectivity index (χ3v) is 2.73. The Labute approximate surface area is 117 Å². The molecule has 0 spiro atoms. The van der Waals surface area contributed by atoms with Crippen LogP contribution >= 0.6 is 0 Å². The highest BCUT2D eigenvalue weighted by atomic mass is 19.4. The molecule has 2 aromatic heterocycles. The summed E-state index contributed by atoms with van der Waals surface area (Å²) in [6, 6.07) is 0. The van der Waals surface area contributed by atoms with E-state index in [9.17, 15) is 22.8 Å². The minimum absolute atomic E-state index is 0.0994. The number of halogens is 3. The van der Waals surface area contributed by atoms with Crippen LogP contribution in [0.1, 0.15) is 25.4 Å². The van der Waals surface area contributed by atoms with Crippen LogP contribution in [-0.4, -0.2) is 19.1 Å². The van der Waals surface area contributed by atoms with Crippen molar-refractivity contribution in [2.75, 3.05) is 0 Å². The summed E-state index contributed by atoms with van der Waals surface area (Å²) in [6.45, 7) is 5.27. The Balaban J connectivity index is 0.00000106. The third kappa shape index (κ3) is 2.81. The Morgan fingerprint density at radius 3 is 2.00 bits per heavy atom. The molecule has 0 aliphatic carbocycles. The molecule has 0 aliphatic heterocycles. The van der Waals surface area contributed by atoms with E-state index in [2.05, 4.69) is 9.97 Å². The summed E-state index contributed by atoms with van der Waals surface area (Å²) in [5, 5.41) is -0.0994. The van der Waals surface area contributed by atoms with Crippen LogP contribution in [-0.2, 0) is 20.3 Å². The van der Waals surface area contributed by atoms with Crippen molar-refractivity contribution in [2.24, 2.45) is 14.1 Å². The SMILES string of the molecule is CC.Cc1nc(C(F)(F)F)nc2c1c(=O)n(C)c(=O)n2C. The standard InChI is InChI=1S/C10H9F3N4O2.C2H6/c1-4-5-6(15-8(14-4)10(11,12)13)16(2)9(19)17(3)7(5)18;1-2/h1-3H3;1-2H3. The van der Waals surface area contributed by atoms with Gasteiger partial charge in [-0.15, -0.1) is 0 Å². The summed E-state index contributed by atoms with van der Waals surface area (Å²) in [4.78, 5) is 30.1. The fourth-order valence-electron chi connectivity index (χ4n) is 1.75. The molecule has 2 rings (SSSR count). The number of hydrogen-bond donors (Lipinski definition) is 0. The lowest BCUT2D eigenvalue weighted by Crippen LogP contribution is -2.38. The minimum atomic E-state index is -4.74. The van der Waals surface area contributed by atoms with Crippen molar-refractivity contribution in [2.45, 2.75) is 26.9 Å². The molecule has 0 aliphatic rings. The van der Waals surface area contributed by atoms with Gasteiger partial charge in [-0.25, -0.2) is 14.8 Å². The number of nitrogens with zero attached hydrogens (tertiary/aromatic N) is 4. The lowest BCUT2D eigenvalue weighted by Gasteiger charge is -2.11. The van der Waals surface area contributed by atoms with Gasteiger partial charge in [-0.2, -0.15) is 13.2 Å². The fourth-order valence-corrected chi connectivity index (χ4v) is 1.75. The van der Waals surface area contributed by atoms with Crippen LogP contribution in [0.3, 0.4) is 0 Å². The largest absolute Gasteiger partial charge is 0.451 e. The monoisotopic (exact) mass is 304 g/mol. The maximum absolute atomic E-state index is 12.6. The van der Waals surface area contributed by atoms with Crippen LogP contribution < -0.4 is 11.2 Å². The zero-order valence-corrected chi connectivity index (χ0v) is 12.2. The van der Waals surface area contributed by atoms with Gasteiger partial charge in [0.15, 0.2) is 5.65 Å². The first-order valence-electron chi connectivity index (χ1n) is 6.16. The summed E-state index contributed by atoms with van der Waals surface area (Å²) in [5.74, 6) is -1.37. The number of alkyl halides is 3. The maximum Gasteiger partial charge on any atom is 0.451 e. The van der Waals surface area contributed by atoms with Crippen LogP contribution in [0, 0.1) is 6.92 Å². The zero-order valence-electron chi connectivity index (χ0n) is 12.2. The van der Waals surface area contributed by atoms with Gasteiger partial charge in [-0.1, -0.05) is 13.8 Å². The predicted octanol–water partition coefficient (Wildman–Crippen LogP) is 1.38. The van der Waals surface area contributed by atoms with Crippen LogP contribution in [0.4, 0.5) is 13.2 Å². The Morgan fingerprint density at radius 1 is 1.00 bits per heavy atom. The van der Waals surface area contributed by atoms with Gasteiger partial charge in [-0.05, 0) is 6.92 Å². The highest BCUT2D eigenvalue weighted by molar-refractivity contribution is 5.76. The van der Waals surface area contributed by atoms with Crippen molar-refractivity contribution in [3.05, 3.63) is 32.4 Å². The highest BCUT2D eigenvalue weighted by Crippen LogP contribution is 2.27. The number of aromatic nitrogens is 4. The van der Waals surface area contributed by atoms with Gasteiger partial charge < -0.3 is 0 Å². The fraction of sp³-hybridized carbons (Fsp3) is 0.500. The number of hydrogen-bond acceptors (Lipinski definition) is 4. The molecule has 6 nitrogen and oxygen atoms in total. The van der Waals surface area contributed by atoms with E-state index in [1.807, 2.05) is 13.8 Å². The normalized spacial score (nSPS) is 11.2. The van der Waals surface area contributed by atoms with Gasteiger partial charge in [0.25, 0.3) is 5.56 Å². The molecule has 0 saturated heterocycles. The van der Waals surface area contributed by atoms with Gasteiger partial charge in [-0.3, -0.25) is 13.9 Å². The number of rotatable bonds is 0. The molecule has 0 fully saturated rings. The molecule has 21 heavy (non-hydrogen) atoms. The van der Waals surface area contributed by atoms with E-state index in [1.54, 1.807) is 0 Å². The Hall–Kier alpha value is -2.19. The van der Waals surface area contributed by atoms with Crippen molar-refractivity contribution in [3.8, 4) is 0 Å². The van der Waals surface area contributed by atoms with E-state index in [0.29, 0.717) is 0 Å². The van der Waals surface area contributed by atoms with E-state index < -0.39 is 23.2 Å². The molecule has 2 aromatic rings. The van der Waals surface area contributed by atoms with E-state index in [-0.39, 0.29) is 16.7 Å². The van der Waals surface area contributed by atoms with Crippen molar-refractivity contribution in [3.63, 3.8) is 0 Å². The first-order valence-corrected chi connectivity index (χ1v) is 6.16. The average Bonchev–Trinajstić information content (AvgIpc) is 2.43. The molecule has 9 heteroatoms. The smallest absolute Gasteiger partial charge is 0.280 e. The summed E-state index contributed by atoms with van der Waals surface area (Å²) < 4.78 is 39.5. The third-order valence-electron chi connectivity index (χ3n) is 2.73. The van der Waals surface area contributed by atoms with Crippen LogP contribution in [0.5, 0.6) is 0 Å². The van der Waals surface area contributed by atoms with Crippen LogP contribution in [0.25, 0.3) is 11.0 Å². The summed E-state index contributed by atoms with van der Waals surface area (Å²) in [6.07, 6.45) is -4.74. The predicted molar refractivity (Wildman–Crippen MR) is 71.1 cm³/mol. The lowest BCUT2D eigenvalue weighted by molar-refractivity contribution is -0.144. The van der Waals surface area contributed by atoms with Gasteiger partial charge in [0.2, 0.25) is 5.82 Å². The molecule has 2 heterocycles. The highest BCUT2D eigenvalue weighted by Gasteiger charge is 2.36. The Morgan fingerprint density at radius 2 is 1.52 bits per heavy atom. The topological polar surface area (TPSA) is 69.8 Å². The average molecular weight is 304 g/mol. The molecular weight excluding hydrogens is 289 g/mol. The summed E-state index contributed by atoms with van der Waals surface area (Å²) in [5.41, 5.74) is -1.91. The van der Waals surface area contributed by atoms with Gasteiger partial charge in [0, 0.05) is 14.1 Å².